The van der Waals surface area contributed by atoms with Crippen LogP contribution in [0.4, 0.5) is 0 Å². The summed E-state index contributed by atoms with van der Waals surface area (Å²) < 4.78 is 0. The fraction of sp³-hybridized carbons (Fsp3) is 0.692. The van der Waals surface area contributed by atoms with Crippen molar-refractivity contribution in [2.24, 2.45) is 5.92 Å². The Kier molecular flexibility index (Phi) is 4.45. The summed E-state index contributed by atoms with van der Waals surface area (Å²) in [6.45, 7) is 8.69. The SMILES string of the molecule is CC(C)CC1CNCCN1Cc1ncccn1. The van der Waals surface area contributed by atoms with Crippen molar-refractivity contribution in [3.8, 4) is 0 Å². The van der Waals surface area contributed by atoms with Crippen LogP contribution < -0.4 is 5.32 Å². The van der Waals surface area contributed by atoms with Crippen LogP contribution in [0.3, 0.4) is 0 Å². The van der Waals surface area contributed by atoms with E-state index in [1.165, 1.54) is 6.42 Å². The van der Waals surface area contributed by atoms with Gasteiger partial charge in [0.25, 0.3) is 0 Å². The number of nitrogens with one attached hydrogen (secondary N) is 1. The lowest BCUT2D eigenvalue weighted by molar-refractivity contribution is 0.131. The van der Waals surface area contributed by atoms with E-state index >= 15 is 0 Å². The van der Waals surface area contributed by atoms with Crippen LogP contribution in [-0.2, 0) is 6.54 Å². The molecule has 0 bridgehead atoms. The van der Waals surface area contributed by atoms with Gasteiger partial charge in [-0.05, 0) is 18.4 Å². The molecule has 1 aromatic rings. The molecule has 1 unspecified atom stereocenters. The first-order valence-corrected chi connectivity index (χ1v) is 6.46. The summed E-state index contributed by atoms with van der Waals surface area (Å²) in [6, 6.07) is 2.49. The van der Waals surface area contributed by atoms with Gasteiger partial charge in [0.1, 0.15) is 5.82 Å². The molecular weight excluding hydrogens is 212 g/mol. The highest BCUT2D eigenvalue weighted by Gasteiger charge is 2.23. The fourth-order valence-corrected chi connectivity index (χ4v) is 2.38. The van der Waals surface area contributed by atoms with Crippen LogP contribution in [0.5, 0.6) is 0 Å². The van der Waals surface area contributed by atoms with Crippen LogP contribution in [-0.4, -0.2) is 40.5 Å². The van der Waals surface area contributed by atoms with Gasteiger partial charge in [0, 0.05) is 38.1 Å². The van der Waals surface area contributed by atoms with Gasteiger partial charge < -0.3 is 5.32 Å². The van der Waals surface area contributed by atoms with Crippen molar-refractivity contribution in [1.29, 1.82) is 0 Å². The average Bonchev–Trinajstić information content (AvgIpc) is 2.32. The van der Waals surface area contributed by atoms with E-state index < -0.39 is 0 Å². The van der Waals surface area contributed by atoms with Crippen LogP contribution in [0.2, 0.25) is 0 Å². The Morgan fingerprint density at radius 1 is 1.41 bits per heavy atom. The zero-order valence-electron chi connectivity index (χ0n) is 10.8. The minimum Gasteiger partial charge on any atom is -0.314 e. The van der Waals surface area contributed by atoms with Gasteiger partial charge in [-0.15, -0.1) is 0 Å². The number of aromatic nitrogens is 2. The Morgan fingerprint density at radius 3 is 2.88 bits per heavy atom. The average molecular weight is 234 g/mol. The molecule has 0 aliphatic carbocycles. The maximum atomic E-state index is 4.31. The summed E-state index contributed by atoms with van der Waals surface area (Å²) in [7, 11) is 0. The van der Waals surface area contributed by atoms with Gasteiger partial charge in [-0.1, -0.05) is 13.8 Å². The molecule has 1 aromatic heterocycles. The molecule has 2 rings (SSSR count). The highest BCUT2D eigenvalue weighted by Crippen LogP contribution is 2.15. The molecule has 1 aliphatic rings. The second-order valence-electron chi connectivity index (χ2n) is 5.12. The van der Waals surface area contributed by atoms with Crippen molar-refractivity contribution in [3.05, 3.63) is 24.3 Å². The van der Waals surface area contributed by atoms with E-state index in [1.54, 1.807) is 0 Å². The van der Waals surface area contributed by atoms with Gasteiger partial charge in [-0.25, -0.2) is 9.97 Å². The molecule has 1 saturated heterocycles. The van der Waals surface area contributed by atoms with Crippen LogP contribution in [0.1, 0.15) is 26.1 Å². The molecule has 94 valence electrons. The van der Waals surface area contributed by atoms with Gasteiger partial charge in [0.15, 0.2) is 0 Å². The number of rotatable bonds is 4. The first-order chi connectivity index (χ1) is 8.25. The highest BCUT2D eigenvalue weighted by atomic mass is 15.2. The number of hydrogen-bond donors (Lipinski definition) is 1. The smallest absolute Gasteiger partial charge is 0.142 e. The second-order valence-corrected chi connectivity index (χ2v) is 5.12. The molecule has 1 N–H and O–H groups in total. The first-order valence-electron chi connectivity index (χ1n) is 6.46. The summed E-state index contributed by atoms with van der Waals surface area (Å²) in [5.41, 5.74) is 0. The molecule has 0 amide bonds. The van der Waals surface area contributed by atoms with E-state index in [-0.39, 0.29) is 0 Å². The predicted molar refractivity (Wildman–Crippen MR) is 68.6 cm³/mol. The maximum Gasteiger partial charge on any atom is 0.142 e. The third-order valence-electron chi connectivity index (χ3n) is 3.18. The van der Waals surface area contributed by atoms with E-state index in [0.29, 0.717) is 6.04 Å². The molecule has 17 heavy (non-hydrogen) atoms. The molecule has 0 radical (unpaired) electrons. The van der Waals surface area contributed by atoms with Crippen LogP contribution in [0, 0.1) is 5.92 Å². The topological polar surface area (TPSA) is 41.0 Å². The largest absolute Gasteiger partial charge is 0.314 e. The van der Waals surface area contributed by atoms with E-state index in [1.807, 2.05) is 18.5 Å². The van der Waals surface area contributed by atoms with Crippen molar-refractivity contribution < 1.29 is 0 Å². The lowest BCUT2D eigenvalue weighted by Crippen LogP contribution is -2.51. The summed E-state index contributed by atoms with van der Waals surface area (Å²) in [5, 5.41) is 3.47. The monoisotopic (exact) mass is 234 g/mol. The molecule has 2 heterocycles. The van der Waals surface area contributed by atoms with Gasteiger partial charge in [0.05, 0.1) is 6.54 Å². The molecule has 0 saturated carbocycles. The van der Waals surface area contributed by atoms with E-state index in [9.17, 15) is 0 Å². The number of nitrogens with zero attached hydrogens (tertiary/aromatic N) is 3. The second kappa shape index (κ2) is 6.07. The van der Waals surface area contributed by atoms with Gasteiger partial charge in [-0.2, -0.15) is 0 Å². The summed E-state index contributed by atoms with van der Waals surface area (Å²) in [5.74, 6) is 1.67. The fourth-order valence-electron chi connectivity index (χ4n) is 2.38. The predicted octanol–water partition coefficient (Wildman–Crippen LogP) is 1.30. The molecule has 4 nitrogen and oxygen atoms in total. The maximum absolute atomic E-state index is 4.31. The molecule has 1 aliphatic heterocycles. The zero-order valence-corrected chi connectivity index (χ0v) is 10.8. The van der Waals surface area contributed by atoms with Crippen molar-refractivity contribution in [1.82, 2.24) is 20.2 Å². The summed E-state index contributed by atoms with van der Waals surface area (Å²) in [6.07, 6.45) is 4.88. The van der Waals surface area contributed by atoms with Gasteiger partial charge >= 0.3 is 0 Å². The van der Waals surface area contributed by atoms with Crippen molar-refractivity contribution in [3.63, 3.8) is 0 Å². The quantitative estimate of drug-likeness (QED) is 0.852. The first kappa shape index (κ1) is 12.5. The van der Waals surface area contributed by atoms with E-state index in [2.05, 4.69) is 34.0 Å². The van der Waals surface area contributed by atoms with Crippen molar-refractivity contribution >= 4 is 0 Å². The standard InChI is InChI=1S/C13H22N4/c1-11(2)8-12-9-14-6-7-17(12)10-13-15-4-3-5-16-13/h3-5,11-12,14H,6-10H2,1-2H3. The van der Waals surface area contributed by atoms with Crippen molar-refractivity contribution in [2.75, 3.05) is 19.6 Å². The van der Waals surface area contributed by atoms with Crippen LogP contribution in [0.15, 0.2) is 18.5 Å². The summed E-state index contributed by atoms with van der Waals surface area (Å²) in [4.78, 5) is 11.1. The molecule has 1 atom stereocenters. The molecule has 0 spiro atoms. The lowest BCUT2D eigenvalue weighted by atomic mass is 10.0. The van der Waals surface area contributed by atoms with E-state index in [4.69, 9.17) is 0 Å². The Hall–Kier alpha value is -1.00. The number of hydrogen-bond acceptors (Lipinski definition) is 4. The van der Waals surface area contributed by atoms with E-state index in [0.717, 1.165) is 37.9 Å². The lowest BCUT2D eigenvalue weighted by Gasteiger charge is -2.36. The highest BCUT2D eigenvalue weighted by molar-refractivity contribution is 4.91. The molecule has 1 fully saturated rings. The van der Waals surface area contributed by atoms with Gasteiger partial charge in [-0.3, -0.25) is 4.90 Å². The Morgan fingerprint density at radius 2 is 2.18 bits per heavy atom. The molecular formula is C13H22N4. The Bertz CT molecular complexity index is 325. The number of piperazine rings is 1. The molecule has 4 heteroatoms. The van der Waals surface area contributed by atoms with Gasteiger partial charge in [0.2, 0.25) is 0 Å². The Balaban J connectivity index is 1.96. The Labute approximate surface area is 103 Å². The van der Waals surface area contributed by atoms with Crippen LogP contribution >= 0.6 is 0 Å². The third kappa shape index (κ3) is 3.75. The van der Waals surface area contributed by atoms with Crippen molar-refractivity contribution in [2.45, 2.75) is 32.9 Å². The zero-order chi connectivity index (χ0) is 12.1. The minimum absolute atomic E-state index is 0.618. The molecule has 0 aromatic carbocycles. The van der Waals surface area contributed by atoms with Crippen LogP contribution in [0.25, 0.3) is 0 Å². The third-order valence-corrected chi connectivity index (χ3v) is 3.18. The normalized spacial score (nSPS) is 21.9. The minimum atomic E-state index is 0.618. The summed E-state index contributed by atoms with van der Waals surface area (Å²) >= 11 is 0.